The summed E-state index contributed by atoms with van der Waals surface area (Å²) in [4.78, 5) is 22.4. The van der Waals surface area contributed by atoms with Gasteiger partial charge in [-0.2, -0.15) is 0 Å². The minimum atomic E-state index is -1.00. The molecule has 0 aliphatic rings. The molecule has 1 rings (SSSR count). The fraction of sp³-hybridized carbons (Fsp3) is 0.529. The summed E-state index contributed by atoms with van der Waals surface area (Å²) in [6.45, 7) is 2.64. The first-order valence-corrected chi connectivity index (χ1v) is 7.85. The number of unbranched alkanes of at least 4 members (excludes halogenated alkanes) is 3. The summed E-state index contributed by atoms with van der Waals surface area (Å²) in [5.41, 5.74) is 7.37. The van der Waals surface area contributed by atoms with Crippen LogP contribution >= 0.6 is 0 Å². The van der Waals surface area contributed by atoms with E-state index in [4.69, 9.17) is 10.8 Å². The average Bonchev–Trinajstić information content (AvgIpc) is 2.50. The third-order valence-corrected chi connectivity index (χ3v) is 3.54. The predicted octanol–water partition coefficient (Wildman–Crippen LogP) is 2.23. The zero-order valence-corrected chi connectivity index (χ0v) is 13.2. The van der Waals surface area contributed by atoms with Crippen molar-refractivity contribution in [1.82, 2.24) is 5.32 Å². The van der Waals surface area contributed by atoms with Gasteiger partial charge in [0.1, 0.15) is 6.04 Å². The van der Waals surface area contributed by atoms with Gasteiger partial charge in [-0.05, 0) is 24.0 Å². The lowest BCUT2D eigenvalue weighted by molar-refractivity contribution is -0.138. The number of nitrogens with one attached hydrogen (secondary N) is 1. The quantitative estimate of drug-likeness (QED) is 0.578. The van der Waals surface area contributed by atoms with Crippen LogP contribution in [-0.4, -0.2) is 23.0 Å². The molecule has 0 saturated carbocycles. The van der Waals surface area contributed by atoms with E-state index in [1.165, 1.54) is 12.8 Å². The Morgan fingerprint density at radius 3 is 2.36 bits per heavy atom. The maximum atomic E-state index is 11.7. The second kappa shape index (κ2) is 9.95. The van der Waals surface area contributed by atoms with Crippen LogP contribution < -0.4 is 11.1 Å². The molecule has 0 aliphatic carbocycles. The highest BCUT2D eigenvalue weighted by Gasteiger charge is 2.11. The lowest BCUT2D eigenvalue weighted by Crippen LogP contribution is -2.32. The SMILES string of the molecule is CCCCCCC(=O)NCc1ccc(C[C@H](N)C(=O)O)cc1. The molecule has 5 nitrogen and oxygen atoms in total. The zero-order chi connectivity index (χ0) is 16.4. The van der Waals surface area contributed by atoms with Crippen molar-refractivity contribution in [3.8, 4) is 0 Å². The van der Waals surface area contributed by atoms with Gasteiger partial charge in [-0.3, -0.25) is 9.59 Å². The summed E-state index contributed by atoms with van der Waals surface area (Å²) < 4.78 is 0. The highest BCUT2D eigenvalue weighted by Crippen LogP contribution is 2.07. The van der Waals surface area contributed by atoms with Crippen molar-refractivity contribution in [2.75, 3.05) is 0 Å². The number of rotatable bonds is 10. The maximum absolute atomic E-state index is 11.7. The van der Waals surface area contributed by atoms with E-state index in [1.54, 1.807) is 0 Å². The minimum absolute atomic E-state index is 0.0769. The fourth-order valence-corrected chi connectivity index (χ4v) is 2.14. The number of amides is 1. The van der Waals surface area contributed by atoms with Crippen LogP contribution in [0.4, 0.5) is 0 Å². The number of carbonyl (C=O) groups excluding carboxylic acids is 1. The average molecular weight is 306 g/mol. The summed E-state index contributed by atoms with van der Waals surface area (Å²) in [5, 5.41) is 11.7. The third kappa shape index (κ3) is 7.22. The molecule has 5 heteroatoms. The van der Waals surface area contributed by atoms with Gasteiger partial charge in [0.25, 0.3) is 0 Å². The number of hydrogen-bond donors (Lipinski definition) is 3. The Morgan fingerprint density at radius 2 is 1.77 bits per heavy atom. The number of carboxylic acid groups (broad SMARTS) is 1. The van der Waals surface area contributed by atoms with E-state index in [2.05, 4.69) is 12.2 Å². The molecule has 0 spiro atoms. The van der Waals surface area contributed by atoms with Crippen LogP contribution in [0.5, 0.6) is 0 Å². The lowest BCUT2D eigenvalue weighted by atomic mass is 10.0. The van der Waals surface area contributed by atoms with Gasteiger partial charge in [0, 0.05) is 13.0 Å². The maximum Gasteiger partial charge on any atom is 0.320 e. The molecule has 0 fully saturated rings. The molecule has 0 unspecified atom stereocenters. The highest BCUT2D eigenvalue weighted by molar-refractivity contribution is 5.75. The third-order valence-electron chi connectivity index (χ3n) is 3.54. The molecule has 22 heavy (non-hydrogen) atoms. The largest absolute Gasteiger partial charge is 0.480 e. The Hall–Kier alpha value is -1.88. The normalized spacial score (nSPS) is 11.9. The van der Waals surface area contributed by atoms with Crippen molar-refractivity contribution in [3.63, 3.8) is 0 Å². The molecule has 4 N–H and O–H groups in total. The number of hydrogen-bond acceptors (Lipinski definition) is 3. The van der Waals surface area contributed by atoms with E-state index in [9.17, 15) is 9.59 Å². The molecule has 122 valence electrons. The van der Waals surface area contributed by atoms with Crippen LogP contribution in [0.3, 0.4) is 0 Å². The molecule has 0 radical (unpaired) electrons. The number of aliphatic carboxylic acids is 1. The van der Waals surface area contributed by atoms with Gasteiger partial charge in [-0.25, -0.2) is 0 Å². The number of carbonyl (C=O) groups is 2. The van der Waals surface area contributed by atoms with Gasteiger partial charge >= 0.3 is 5.97 Å². The Bertz CT molecular complexity index is 471. The molecule has 0 aliphatic heterocycles. The zero-order valence-electron chi connectivity index (χ0n) is 13.2. The highest BCUT2D eigenvalue weighted by atomic mass is 16.4. The molecular formula is C17H26N2O3. The molecule has 1 atom stereocenters. The Labute approximate surface area is 131 Å². The standard InChI is InChI=1S/C17H26N2O3/c1-2-3-4-5-6-16(20)19-12-14-9-7-13(8-10-14)11-15(18)17(21)22/h7-10,15H,2-6,11-12,18H2,1H3,(H,19,20)(H,21,22)/t15-/m0/s1. The Kier molecular flexibility index (Phi) is 8.22. The number of nitrogens with two attached hydrogens (primary N) is 1. The molecule has 1 aromatic carbocycles. The molecule has 1 amide bonds. The van der Waals surface area contributed by atoms with E-state index in [1.807, 2.05) is 24.3 Å². The van der Waals surface area contributed by atoms with Gasteiger partial charge in [0.15, 0.2) is 0 Å². The second-order valence-corrected chi connectivity index (χ2v) is 5.55. The van der Waals surface area contributed by atoms with Crippen LogP contribution in [0.2, 0.25) is 0 Å². The first kappa shape index (κ1) is 18.2. The van der Waals surface area contributed by atoms with Crippen LogP contribution in [0.1, 0.15) is 50.2 Å². The topological polar surface area (TPSA) is 92.4 Å². The van der Waals surface area contributed by atoms with E-state index in [0.717, 1.165) is 24.0 Å². The van der Waals surface area contributed by atoms with Crippen molar-refractivity contribution >= 4 is 11.9 Å². The van der Waals surface area contributed by atoms with Crippen LogP contribution in [0.15, 0.2) is 24.3 Å². The summed E-state index contributed by atoms with van der Waals surface area (Å²) in [7, 11) is 0. The van der Waals surface area contributed by atoms with Crippen molar-refractivity contribution < 1.29 is 14.7 Å². The fourth-order valence-electron chi connectivity index (χ4n) is 2.14. The molecule has 1 aromatic rings. The first-order chi connectivity index (χ1) is 10.5. The van der Waals surface area contributed by atoms with Gasteiger partial charge < -0.3 is 16.2 Å². The minimum Gasteiger partial charge on any atom is -0.480 e. The molecule has 0 heterocycles. The van der Waals surface area contributed by atoms with E-state index < -0.39 is 12.0 Å². The molecule has 0 bridgehead atoms. The molecule has 0 saturated heterocycles. The lowest BCUT2D eigenvalue weighted by Gasteiger charge is -2.08. The molecular weight excluding hydrogens is 280 g/mol. The van der Waals surface area contributed by atoms with Crippen molar-refractivity contribution in [3.05, 3.63) is 35.4 Å². The van der Waals surface area contributed by atoms with Crippen LogP contribution in [0, 0.1) is 0 Å². The monoisotopic (exact) mass is 306 g/mol. The van der Waals surface area contributed by atoms with Crippen molar-refractivity contribution in [2.45, 2.75) is 58.0 Å². The van der Waals surface area contributed by atoms with Gasteiger partial charge in [0.05, 0.1) is 0 Å². The summed E-state index contributed by atoms with van der Waals surface area (Å²) in [6.07, 6.45) is 5.26. The van der Waals surface area contributed by atoms with Crippen LogP contribution in [-0.2, 0) is 22.6 Å². The number of carboxylic acids is 1. The van der Waals surface area contributed by atoms with Gasteiger partial charge in [-0.15, -0.1) is 0 Å². The number of benzene rings is 1. The summed E-state index contributed by atoms with van der Waals surface area (Å²) in [6, 6.07) is 6.60. The summed E-state index contributed by atoms with van der Waals surface area (Å²) >= 11 is 0. The summed E-state index contributed by atoms with van der Waals surface area (Å²) in [5.74, 6) is -0.924. The smallest absolute Gasteiger partial charge is 0.320 e. The van der Waals surface area contributed by atoms with E-state index >= 15 is 0 Å². The Balaban J connectivity index is 2.32. The Morgan fingerprint density at radius 1 is 1.14 bits per heavy atom. The predicted molar refractivity (Wildman–Crippen MR) is 86.4 cm³/mol. The van der Waals surface area contributed by atoms with E-state index in [-0.39, 0.29) is 5.91 Å². The first-order valence-electron chi connectivity index (χ1n) is 7.85. The van der Waals surface area contributed by atoms with Crippen LogP contribution in [0.25, 0.3) is 0 Å². The van der Waals surface area contributed by atoms with E-state index in [0.29, 0.717) is 19.4 Å². The van der Waals surface area contributed by atoms with Gasteiger partial charge in [-0.1, -0.05) is 50.5 Å². The van der Waals surface area contributed by atoms with Crippen molar-refractivity contribution in [2.24, 2.45) is 5.73 Å². The second-order valence-electron chi connectivity index (χ2n) is 5.55. The molecule has 0 aromatic heterocycles. The van der Waals surface area contributed by atoms with Gasteiger partial charge in [0.2, 0.25) is 5.91 Å². The van der Waals surface area contributed by atoms with Crippen molar-refractivity contribution in [1.29, 1.82) is 0 Å².